The van der Waals surface area contributed by atoms with E-state index in [1.54, 1.807) is 11.9 Å². The fourth-order valence-corrected chi connectivity index (χ4v) is 10.3. The van der Waals surface area contributed by atoms with Gasteiger partial charge in [-0.05, 0) is 32.0 Å². The van der Waals surface area contributed by atoms with Crippen molar-refractivity contribution < 1.29 is 44.3 Å². The standard InChI is InChI=1S/C30H31F4I2N6O2/c1-3-22(43)41-14-9-18(16-41)40(2)27-20-15-37-25(19-7-4-8-21(36-35)23(19)30(32,33)34)24(31)26(20)38-28(39-27)44-17-29-10-5-12-42(29)13-6-11-29/h3-4,7-8,15,18H,1,5-6,9-14,16-17H2,2H3/q-1/t18-/m1/s1. The van der Waals surface area contributed by atoms with E-state index in [2.05, 4.69) is 21.4 Å². The average Bonchev–Trinajstić information content (AvgIpc) is 3.75. The summed E-state index contributed by atoms with van der Waals surface area (Å²) in [5.41, 5.74) is -1.88. The topological polar surface area (TPSA) is 74.7 Å². The Bertz CT molecular complexity index is 1600. The van der Waals surface area contributed by atoms with Crippen molar-refractivity contribution in [3.63, 3.8) is 0 Å². The van der Waals surface area contributed by atoms with Crippen molar-refractivity contribution >= 4 is 41.2 Å². The summed E-state index contributed by atoms with van der Waals surface area (Å²) in [6, 6.07) is 4.00. The van der Waals surface area contributed by atoms with Gasteiger partial charge in [-0.3, -0.25) is 4.79 Å². The molecule has 0 N–H and O–H groups in total. The molecule has 44 heavy (non-hydrogen) atoms. The minimum absolute atomic E-state index is 0.0385. The zero-order valence-corrected chi connectivity index (χ0v) is 28.3. The number of amides is 1. The summed E-state index contributed by atoms with van der Waals surface area (Å²) < 4.78 is 65.7. The minimum atomic E-state index is -4.68. The summed E-state index contributed by atoms with van der Waals surface area (Å²) in [5.74, 6) is -0.797. The van der Waals surface area contributed by atoms with Crippen molar-refractivity contribution in [1.82, 2.24) is 24.8 Å². The molecular formula is C30H31F4I2N6O2-. The molecule has 3 aliphatic rings. The monoisotopic (exact) mass is 837 g/mol. The molecule has 3 aromatic rings. The third-order valence-electron chi connectivity index (χ3n) is 9.09. The zero-order valence-electron chi connectivity index (χ0n) is 24.0. The Morgan fingerprint density at radius 1 is 1.25 bits per heavy atom. The second-order valence-corrected chi connectivity index (χ2v) is 15.8. The molecule has 1 atom stereocenters. The van der Waals surface area contributed by atoms with Crippen LogP contribution in [0.3, 0.4) is 0 Å². The van der Waals surface area contributed by atoms with Crippen LogP contribution in [-0.4, -0.2) is 82.1 Å². The number of carbonyl (C=O) groups is 1. The molecule has 8 nitrogen and oxygen atoms in total. The van der Waals surface area contributed by atoms with Gasteiger partial charge in [0.15, 0.2) is 0 Å². The number of nitrogens with zero attached hydrogens (tertiary/aromatic N) is 6. The number of hydrogen-bond donors (Lipinski definition) is 0. The Balaban J connectivity index is 1.45. The predicted octanol–water partition coefficient (Wildman–Crippen LogP) is 2.69. The van der Waals surface area contributed by atoms with Crippen LogP contribution < -0.4 is 26.9 Å². The summed E-state index contributed by atoms with van der Waals surface area (Å²) in [7, 11) is 1.80. The maximum absolute atomic E-state index is 16.5. The second-order valence-electron chi connectivity index (χ2n) is 11.5. The number of rotatable bonds is 8. The van der Waals surface area contributed by atoms with Gasteiger partial charge in [-0.15, -0.1) is 0 Å². The first-order valence-electron chi connectivity index (χ1n) is 14.4. The average molecular weight is 837 g/mol. The zero-order chi connectivity index (χ0) is 31.2. The molecule has 6 rings (SSSR count). The number of likely N-dealkylation sites (N-methyl/N-ethyl adjacent to an activating group) is 1. The van der Waals surface area contributed by atoms with Crippen molar-refractivity contribution in [2.75, 3.05) is 44.7 Å². The van der Waals surface area contributed by atoms with E-state index in [4.69, 9.17) is 9.72 Å². The van der Waals surface area contributed by atoms with Gasteiger partial charge in [0.25, 0.3) is 0 Å². The van der Waals surface area contributed by atoms with Gasteiger partial charge in [0, 0.05) is 0 Å². The van der Waals surface area contributed by atoms with Crippen molar-refractivity contribution in [2.45, 2.75) is 49.9 Å². The van der Waals surface area contributed by atoms with Gasteiger partial charge in [0.1, 0.15) is 0 Å². The summed E-state index contributed by atoms with van der Waals surface area (Å²) in [5, 5.41) is 0.252. The second kappa shape index (κ2) is 12.5. The molecule has 14 heteroatoms. The maximum atomic E-state index is 16.5. The Kier molecular flexibility index (Phi) is 8.95. The number of alkyl halides is 3. The molecule has 0 bridgehead atoms. The Hall–Kier alpha value is -2.34. The van der Waals surface area contributed by atoms with E-state index in [0.717, 1.165) is 38.8 Å². The van der Waals surface area contributed by atoms with Gasteiger partial charge < -0.3 is 0 Å². The van der Waals surface area contributed by atoms with Gasteiger partial charge in [-0.1, -0.05) is 6.58 Å². The van der Waals surface area contributed by atoms with E-state index in [0.29, 0.717) is 31.9 Å². The number of hydrogen-bond acceptors (Lipinski definition) is 7. The van der Waals surface area contributed by atoms with Crippen molar-refractivity contribution in [3.8, 4) is 17.3 Å². The van der Waals surface area contributed by atoms with Crippen molar-refractivity contribution in [1.29, 1.82) is 0 Å². The molecule has 3 saturated heterocycles. The molecule has 236 valence electrons. The molecule has 1 aromatic carbocycles. The van der Waals surface area contributed by atoms with Crippen LogP contribution in [0.5, 0.6) is 6.01 Å². The first-order chi connectivity index (χ1) is 21.1. The normalized spacial score (nSPS) is 20.0. The fraction of sp³-hybridized carbons (Fsp3) is 0.467. The molecule has 0 saturated carbocycles. The number of likely N-dealkylation sites (tertiary alicyclic amines) is 1. The summed E-state index contributed by atoms with van der Waals surface area (Å²) >= 11 is 1.00. The number of pyridine rings is 1. The number of ether oxygens (including phenoxy) is 1. The van der Waals surface area contributed by atoms with Crippen LogP contribution >= 0.6 is 18.6 Å². The van der Waals surface area contributed by atoms with Crippen LogP contribution in [-0.2, 0) is 11.0 Å². The first-order valence-corrected chi connectivity index (χ1v) is 21.8. The van der Waals surface area contributed by atoms with Crippen LogP contribution in [0.25, 0.3) is 22.2 Å². The first kappa shape index (κ1) is 31.6. The van der Waals surface area contributed by atoms with Gasteiger partial charge in [-0.25, -0.2) is 0 Å². The van der Waals surface area contributed by atoms with E-state index in [1.807, 2.05) is 23.5 Å². The van der Waals surface area contributed by atoms with Crippen LogP contribution in [0, 0.1) is 9.39 Å². The summed E-state index contributed by atoms with van der Waals surface area (Å²) in [6.07, 6.45) is 2.69. The molecule has 3 aliphatic heterocycles. The summed E-state index contributed by atoms with van der Waals surface area (Å²) in [6.45, 7) is 6.85. The Morgan fingerprint density at radius 2 is 2.00 bits per heavy atom. The van der Waals surface area contributed by atoms with Gasteiger partial charge in [-0.2, -0.15) is 0 Å². The van der Waals surface area contributed by atoms with E-state index in [9.17, 15) is 18.0 Å². The molecule has 0 unspecified atom stereocenters. The van der Waals surface area contributed by atoms with Gasteiger partial charge in [0.2, 0.25) is 5.91 Å². The fourth-order valence-electron chi connectivity index (χ4n) is 6.83. The number of aromatic nitrogens is 3. The molecule has 5 heterocycles. The molecule has 1 amide bonds. The molecular weight excluding hydrogens is 806 g/mol. The molecule has 3 fully saturated rings. The Morgan fingerprint density at radius 3 is 2.68 bits per heavy atom. The number of carbonyl (C=O) groups excluding carboxylic acids is 1. The number of anilines is 1. The number of fused-ring (bicyclic) bond motifs is 2. The number of benzene rings is 1. The number of halogens is 6. The van der Waals surface area contributed by atoms with E-state index < -0.39 is 40.5 Å². The van der Waals surface area contributed by atoms with Crippen molar-refractivity contribution in [2.24, 2.45) is 0 Å². The van der Waals surface area contributed by atoms with Crippen LogP contribution in [0.4, 0.5) is 23.4 Å². The SMILES string of the molecule is C=CC(=O)N1CC[C@@H](N(C)c2nc(OCC34CCCN3CCC4)nc3c(F)c(-c4cccc([I-]I)c4C(F)(F)F)ncc23)C1. The van der Waals surface area contributed by atoms with Gasteiger partial charge in [0.05, 0.1) is 0 Å². The predicted molar refractivity (Wildman–Crippen MR) is 162 cm³/mol. The van der Waals surface area contributed by atoms with Gasteiger partial charge >= 0.3 is 225 Å². The van der Waals surface area contributed by atoms with Crippen LogP contribution in [0.2, 0.25) is 0 Å². The van der Waals surface area contributed by atoms with E-state index in [1.165, 1.54) is 30.5 Å². The quantitative estimate of drug-likeness (QED) is 0.197. The third-order valence-corrected chi connectivity index (χ3v) is 13.4. The molecule has 0 spiro atoms. The summed E-state index contributed by atoms with van der Waals surface area (Å²) in [4.78, 5) is 31.6. The molecule has 0 radical (unpaired) electrons. The molecule has 2 aromatic heterocycles. The van der Waals surface area contributed by atoms with Crippen LogP contribution in [0.15, 0.2) is 37.1 Å². The molecule has 0 aliphatic carbocycles. The van der Waals surface area contributed by atoms with E-state index in [-0.39, 0.29) is 43.5 Å². The third kappa shape index (κ3) is 5.74. The van der Waals surface area contributed by atoms with E-state index >= 15 is 4.39 Å². The van der Waals surface area contributed by atoms with Crippen molar-refractivity contribution in [3.05, 3.63) is 52.0 Å². The Labute approximate surface area is 272 Å². The van der Waals surface area contributed by atoms with Crippen LogP contribution in [0.1, 0.15) is 37.7 Å².